The van der Waals surface area contributed by atoms with Gasteiger partial charge in [-0.3, -0.25) is 0 Å². The van der Waals surface area contributed by atoms with Crippen LogP contribution in [0.15, 0.2) is 30.3 Å². The molecule has 1 aliphatic heterocycles. The molecule has 2 aromatic rings. The van der Waals surface area contributed by atoms with E-state index >= 15 is 0 Å². The molecule has 23 heavy (non-hydrogen) atoms. The van der Waals surface area contributed by atoms with Crippen molar-refractivity contribution in [1.82, 2.24) is 5.32 Å². The summed E-state index contributed by atoms with van der Waals surface area (Å²) in [6, 6.07) is 8.82. The third-order valence-electron chi connectivity index (χ3n) is 4.04. The van der Waals surface area contributed by atoms with E-state index in [9.17, 15) is 10.2 Å². The molecule has 0 saturated carbocycles. The maximum atomic E-state index is 9.82. The van der Waals surface area contributed by atoms with Gasteiger partial charge >= 0.3 is 0 Å². The Morgan fingerprint density at radius 1 is 1.00 bits per heavy atom. The van der Waals surface area contributed by atoms with E-state index < -0.39 is 0 Å². The number of aromatic hydroxyl groups is 2. The summed E-state index contributed by atoms with van der Waals surface area (Å²) in [6.07, 6.45) is 0.804. The first-order chi connectivity index (χ1) is 10.6. The van der Waals surface area contributed by atoms with Crippen LogP contribution in [-0.2, 0) is 6.42 Å². The molecule has 0 radical (unpaired) electrons. The summed E-state index contributed by atoms with van der Waals surface area (Å²) in [6.45, 7) is 0.789. The Kier molecular flexibility index (Phi) is 5.23. The summed E-state index contributed by atoms with van der Waals surface area (Å²) < 4.78 is 10.7. The maximum absolute atomic E-state index is 9.82. The Bertz CT molecular complexity index is 705. The molecule has 0 aromatic heterocycles. The average molecular weight is 338 g/mol. The Morgan fingerprint density at radius 3 is 2.43 bits per heavy atom. The van der Waals surface area contributed by atoms with E-state index in [0.29, 0.717) is 0 Å². The second kappa shape index (κ2) is 6.98. The molecule has 0 amide bonds. The maximum Gasteiger partial charge on any atom is 0.157 e. The Morgan fingerprint density at radius 2 is 1.74 bits per heavy atom. The number of phenols is 2. The van der Waals surface area contributed by atoms with Crippen LogP contribution in [0.1, 0.15) is 22.7 Å². The Labute approximate surface area is 141 Å². The second-order valence-electron chi connectivity index (χ2n) is 5.28. The van der Waals surface area contributed by atoms with E-state index in [0.717, 1.165) is 41.2 Å². The molecule has 124 valence electrons. The highest BCUT2D eigenvalue weighted by molar-refractivity contribution is 5.85. The molecule has 0 spiro atoms. The minimum absolute atomic E-state index is 0. The topological polar surface area (TPSA) is 71.0 Å². The number of hydrogen-bond acceptors (Lipinski definition) is 5. The molecular weight excluding hydrogens is 318 g/mol. The van der Waals surface area contributed by atoms with Crippen molar-refractivity contribution in [2.45, 2.75) is 12.5 Å². The first kappa shape index (κ1) is 17.2. The van der Waals surface area contributed by atoms with E-state index in [1.54, 1.807) is 26.4 Å². The van der Waals surface area contributed by atoms with E-state index in [-0.39, 0.29) is 29.9 Å². The van der Waals surface area contributed by atoms with E-state index in [2.05, 4.69) is 5.32 Å². The van der Waals surface area contributed by atoms with Gasteiger partial charge in [-0.1, -0.05) is 0 Å². The van der Waals surface area contributed by atoms with Crippen LogP contribution in [0.2, 0.25) is 0 Å². The summed E-state index contributed by atoms with van der Waals surface area (Å²) in [5, 5.41) is 22.9. The van der Waals surface area contributed by atoms with Crippen molar-refractivity contribution in [3.8, 4) is 23.0 Å². The lowest BCUT2D eigenvalue weighted by molar-refractivity contribution is 0.385. The quantitative estimate of drug-likeness (QED) is 0.751. The number of fused-ring (bicyclic) bond motifs is 1. The fraction of sp³-hybridized carbons (Fsp3) is 0.294. The molecule has 1 atom stereocenters. The molecule has 3 N–H and O–H groups in total. The Balaban J connectivity index is 0.00000192. The summed E-state index contributed by atoms with van der Waals surface area (Å²) in [5.74, 6) is 1.25. The zero-order chi connectivity index (χ0) is 15.7. The highest BCUT2D eigenvalue weighted by Crippen LogP contribution is 2.39. The molecule has 1 unspecified atom stereocenters. The van der Waals surface area contributed by atoms with E-state index in [1.165, 1.54) is 0 Å². The number of halogens is 1. The van der Waals surface area contributed by atoms with Gasteiger partial charge in [0.2, 0.25) is 0 Å². The number of nitrogens with one attached hydrogen (secondary N) is 1. The third-order valence-corrected chi connectivity index (χ3v) is 4.04. The molecular formula is C17H20ClNO4. The van der Waals surface area contributed by atoms with Crippen molar-refractivity contribution in [1.29, 1.82) is 0 Å². The number of hydrogen-bond donors (Lipinski definition) is 3. The number of phenolic OH excluding ortho intramolecular Hbond substituents is 2. The predicted octanol–water partition coefficient (Wildman–Crippen LogP) is 2.77. The van der Waals surface area contributed by atoms with Crippen LogP contribution in [0.5, 0.6) is 23.0 Å². The van der Waals surface area contributed by atoms with Gasteiger partial charge in [-0.05, 0) is 41.8 Å². The monoisotopic (exact) mass is 337 g/mol. The highest BCUT2D eigenvalue weighted by atomic mass is 35.5. The van der Waals surface area contributed by atoms with Crippen molar-refractivity contribution < 1.29 is 19.7 Å². The highest BCUT2D eigenvalue weighted by Gasteiger charge is 2.25. The van der Waals surface area contributed by atoms with Crippen molar-refractivity contribution >= 4 is 12.4 Å². The smallest absolute Gasteiger partial charge is 0.157 e. The van der Waals surface area contributed by atoms with Crippen LogP contribution in [-0.4, -0.2) is 31.0 Å². The Hall–Kier alpha value is -2.11. The standard InChI is InChI=1S/C17H19NO4.ClH/c1-21-11-3-4-12(16(8-11)22-2)17-13-9-15(20)14(19)7-10(13)5-6-18-17;/h3-4,7-9,17-20H,5-6H2,1-2H3;1H. The van der Waals surface area contributed by atoms with Gasteiger partial charge in [-0.15, -0.1) is 12.4 Å². The molecule has 1 aliphatic rings. The number of benzene rings is 2. The zero-order valence-corrected chi connectivity index (χ0v) is 13.8. The normalized spacial score (nSPS) is 16.2. The van der Waals surface area contributed by atoms with Crippen LogP contribution in [0, 0.1) is 0 Å². The SMILES string of the molecule is COc1ccc(C2NCCc3cc(O)c(O)cc32)c(OC)c1.Cl. The number of methoxy groups -OCH3 is 2. The predicted molar refractivity (Wildman–Crippen MR) is 90.1 cm³/mol. The third kappa shape index (κ3) is 3.16. The average Bonchev–Trinajstić information content (AvgIpc) is 2.55. The summed E-state index contributed by atoms with van der Waals surface area (Å²) >= 11 is 0. The van der Waals surface area contributed by atoms with Gasteiger partial charge in [-0.2, -0.15) is 0 Å². The van der Waals surface area contributed by atoms with Gasteiger partial charge in [0, 0.05) is 18.2 Å². The first-order valence-electron chi connectivity index (χ1n) is 7.14. The summed E-state index contributed by atoms with van der Waals surface area (Å²) in [5.41, 5.74) is 2.94. The second-order valence-corrected chi connectivity index (χ2v) is 5.28. The van der Waals surface area contributed by atoms with Gasteiger partial charge in [-0.25, -0.2) is 0 Å². The molecule has 5 nitrogen and oxygen atoms in total. The fourth-order valence-electron chi connectivity index (χ4n) is 2.92. The van der Waals surface area contributed by atoms with Crippen molar-refractivity contribution in [2.75, 3.05) is 20.8 Å². The lowest BCUT2D eigenvalue weighted by atomic mass is 9.89. The van der Waals surface area contributed by atoms with Gasteiger partial charge in [0.15, 0.2) is 11.5 Å². The lowest BCUT2D eigenvalue weighted by Gasteiger charge is -2.29. The summed E-state index contributed by atoms with van der Waals surface area (Å²) in [7, 11) is 3.24. The van der Waals surface area contributed by atoms with Gasteiger partial charge < -0.3 is 25.0 Å². The number of ether oxygens (including phenoxy) is 2. The minimum Gasteiger partial charge on any atom is -0.504 e. The van der Waals surface area contributed by atoms with Crippen molar-refractivity contribution in [3.63, 3.8) is 0 Å². The molecule has 0 bridgehead atoms. The van der Waals surface area contributed by atoms with Crippen molar-refractivity contribution in [3.05, 3.63) is 47.0 Å². The summed E-state index contributed by atoms with van der Waals surface area (Å²) in [4.78, 5) is 0. The minimum atomic E-state index is -0.111. The molecule has 0 fully saturated rings. The molecule has 0 saturated heterocycles. The van der Waals surface area contributed by atoms with Crippen LogP contribution in [0.3, 0.4) is 0 Å². The van der Waals surface area contributed by atoms with Crippen LogP contribution in [0.25, 0.3) is 0 Å². The molecule has 6 heteroatoms. The molecule has 0 aliphatic carbocycles. The largest absolute Gasteiger partial charge is 0.504 e. The van der Waals surface area contributed by atoms with Gasteiger partial charge in [0.05, 0.1) is 20.3 Å². The molecule has 3 rings (SSSR count). The fourth-order valence-corrected chi connectivity index (χ4v) is 2.92. The van der Waals surface area contributed by atoms with E-state index in [1.807, 2.05) is 18.2 Å². The first-order valence-corrected chi connectivity index (χ1v) is 7.14. The van der Waals surface area contributed by atoms with Crippen LogP contribution >= 0.6 is 12.4 Å². The lowest BCUT2D eigenvalue weighted by Crippen LogP contribution is -2.30. The van der Waals surface area contributed by atoms with Crippen LogP contribution < -0.4 is 14.8 Å². The van der Waals surface area contributed by atoms with Crippen molar-refractivity contribution in [2.24, 2.45) is 0 Å². The van der Waals surface area contributed by atoms with Gasteiger partial charge in [0.1, 0.15) is 11.5 Å². The number of rotatable bonds is 3. The van der Waals surface area contributed by atoms with Crippen LogP contribution in [0.4, 0.5) is 0 Å². The molecule has 2 aromatic carbocycles. The molecule has 1 heterocycles. The zero-order valence-electron chi connectivity index (χ0n) is 13.0. The van der Waals surface area contributed by atoms with E-state index in [4.69, 9.17) is 9.47 Å². The van der Waals surface area contributed by atoms with Gasteiger partial charge in [0.25, 0.3) is 0 Å².